The predicted octanol–water partition coefficient (Wildman–Crippen LogP) is 6.39. The average Bonchev–Trinajstić information content (AvgIpc) is 3.33. The van der Waals surface area contributed by atoms with Crippen molar-refractivity contribution in [3.05, 3.63) is 69.0 Å². The van der Waals surface area contributed by atoms with Crippen LogP contribution in [0, 0.1) is 6.92 Å². The lowest BCUT2D eigenvalue weighted by Gasteiger charge is -2.18. The summed E-state index contributed by atoms with van der Waals surface area (Å²) in [7, 11) is 0. The van der Waals surface area contributed by atoms with Gasteiger partial charge in [-0.15, -0.1) is 10.2 Å². The molecule has 0 saturated heterocycles. The zero-order valence-electron chi connectivity index (χ0n) is 18.3. The maximum Gasteiger partial charge on any atom is 0.309 e. The largest absolute Gasteiger partial charge is 0.411 e. The van der Waals surface area contributed by atoms with Gasteiger partial charge in [0.1, 0.15) is 0 Å². The van der Waals surface area contributed by atoms with Crippen molar-refractivity contribution in [2.24, 2.45) is 0 Å². The van der Waals surface area contributed by atoms with E-state index in [0.717, 1.165) is 16.8 Å². The molecule has 0 aliphatic heterocycles. The van der Waals surface area contributed by atoms with Gasteiger partial charge in [-0.2, -0.15) is 5.10 Å². The topological polar surface area (TPSA) is 85.8 Å². The molecule has 0 spiro atoms. The van der Waals surface area contributed by atoms with Gasteiger partial charge in [-0.25, -0.2) is 4.68 Å². The van der Waals surface area contributed by atoms with Gasteiger partial charge >= 0.3 is 11.8 Å². The number of hydrogen-bond donors (Lipinski definition) is 1. The minimum absolute atomic E-state index is 0.116. The maximum absolute atomic E-state index is 12.4. The van der Waals surface area contributed by atoms with Crippen LogP contribution in [0.3, 0.4) is 0 Å². The van der Waals surface area contributed by atoms with E-state index in [4.69, 9.17) is 44.3 Å². The van der Waals surface area contributed by atoms with E-state index >= 15 is 0 Å². The Bertz CT molecular complexity index is 1340. The van der Waals surface area contributed by atoms with Crippen LogP contribution < -0.4 is 5.32 Å². The molecule has 0 bridgehead atoms. The Morgan fingerprint density at radius 2 is 1.67 bits per heavy atom. The summed E-state index contributed by atoms with van der Waals surface area (Å²) in [6.45, 7) is 7.47. The van der Waals surface area contributed by atoms with Gasteiger partial charge in [-0.3, -0.25) is 4.79 Å². The summed E-state index contributed by atoms with van der Waals surface area (Å²) < 4.78 is 7.37. The van der Waals surface area contributed by atoms with E-state index in [0.29, 0.717) is 26.4 Å². The molecule has 1 N–H and O–H groups in total. The third-order valence-corrected chi connectivity index (χ3v) is 5.48. The van der Waals surface area contributed by atoms with Crippen molar-refractivity contribution in [1.82, 2.24) is 25.3 Å². The fourth-order valence-corrected chi connectivity index (χ4v) is 3.89. The second-order valence-corrected chi connectivity index (χ2v) is 9.73. The third-order valence-electron chi connectivity index (χ3n) is 4.69. The Morgan fingerprint density at radius 3 is 2.30 bits per heavy atom. The molecule has 4 rings (SSSR count). The van der Waals surface area contributed by atoms with E-state index in [1.165, 1.54) is 0 Å². The van der Waals surface area contributed by atoms with Crippen LogP contribution in [0.1, 0.15) is 37.0 Å². The normalized spacial score (nSPS) is 11.6. The molecule has 33 heavy (non-hydrogen) atoms. The number of aromatic nitrogens is 4. The fraction of sp³-hybridized carbons (Fsp3) is 0.217. The van der Waals surface area contributed by atoms with E-state index in [2.05, 4.69) is 15.5 Å². The maximum atomic E-state index is 12.4. The lowest BCUT2D eigenvalue weighted by Crippen LogP contribution is -2.40. The van der Waals surface area contributed by atoms with Gasteiger partial charge in [-0.1, -0.05) is 46.9 Å². The average molecular weight is 505 g/mol. The summed E-state index contributed by atoms with van der Waals surface area (Å²) >= 11 is 18.7. The van der Waals surface area contributed by atoms with E-state index in [-0.39, 0.29) is 11.8 Å². The lowest BCUT2D eigenvalue weighted by atomic mass is 10.1. The standard InChI is InChI=1S/C23H20Cl3N5O2/c1-12-18(21-28-29-22(33-21)20(32)27-23(2,3)4)30-31(17-10-9-15(25)11-16(17)26)19(12)13-5-7-14(24)8-6-13/h5-11H,1-4H3,(H,27,32). The molecule has 2 aromatic heterocycles. The minimum atomic E-state index is -0.461. The molecule has 4 aromatic rings. The summed E-state index contributed by atoms with van der Waals surface area (Å²) in [6.07, 6.45) is 0. The molecule has 2 aromatic carbocycles. The highest BCUT2D eigenvalue weighted by atomic mass is 35.5. The SMILES string of the molecule is Cc1c(-c2nnc(C(=O)NC(C)(C)C)o2)nn(-c2ccc(Cl)cc2Cl)c1-c1ccc(Cl)cc1. The first-order valence-corrected chi connectivity index (χ1v) is 11.1. The molecule has 0 radical (unpaired) electrons. The van der Waals surface area contributed by atoms with Crippen LogP contribution in [0.25, 0.3) is 28.5 Å². The monoisotopic (exact) mass is 503 g/mol. The van der Waals surface area contributed by atoms with E-state index in [1.807, 2.05) is 39.8 Å². The van der Waals surface area contributed by atoms with Crippen LogP contribution >= 0.6 is 34.8 Å². The number of carbonyl (C=O) groups excluding carboxylic acids is 1. The Kier molecular flexibility index (Phi) is 6.22. The highest BCUT2D eigenvalue weighted by molar-refractivity contribution is 6.35. The number of carbonyl (C=O) groups is 1. The Morgan fingerprint density at radius 1 is 1.00 bits per heavy atom. The molecule has 0 atom stereocenters. The zero-order chi connectivity index (χ0) is 23.9. The van der Waals surface area contributed by atoms with Crippen molar-refractivity contribution in [3.8, 4) is 28.5 Å². The van der Waals surface area contributed by atoms with Crippen LogP contribution in [0.5, 0.6) is 0 Å². The molecule has 170 valence electrons. The molecule has 10 heteroatoms. The highest BCUT2D eigenvalue weighted by Gasteiger charge is 2.26. The van der Waals surface area contributed by atoms with E-state index in [9.17, 15) is 4.79 Å². The van der Waals surface area contributed by atoms with Crippen LogP contribution in [0.15, 0.2) is 46.9 Å². The van der Waals surface area contributed by atoms with Crippen molar-refractivity contribution in [3.63, 3.8) is 0 Å². The fourth-order valence-electron chi connectivity index (χ4n) is 3.28. The molecule has 0 aliphatic rings. The van der Waals surface area contributed by atoms with Crippen LogP contribution in [0.4, 0.5) is 0 Å². The Hall–Kier alpha value is -2.87. The van der Waals surface area contributed by atoms with Gasteiger partial charge < -0.3 is 9.73 Å². The highest BCUT2D eigenvalue weighted by Crippen LogP contribution is 2.36. The molecule has 0 fully saturated rings. The first-order valence-electron chi connectivity index (χ1n) is 10.0. The molecule has 0 unspecified atom stereocenters. The predicted molar refractivity (Wildman–Crippen MR) is 129 cm³/mol. The molecule has 1 amide bonds. The van der Waals surface area contributed by atoms with E-state index < -0.39 is 11.4 Å². The summed E-state index contributed by atoms with van der Waals surface area (Å²) in [5, 5.41) is 17.0. The number of halogens is 3. The minimum Gasteiger partial charge on any atom is -0.411 e. The van der Waals surface area contributed by atoms with Gasteiger partial charge in [-0.05, 0) is 58.0 Å². The van der Waals surface area contributed by atoms with Gasteiger partial charge in [0.15, 0.2) is 5.69 Å². The molecule has 0 saturated carbocycles. The Balaban J connectivity index is 1.86. The molecule has 7 nitrogen and oxygen atoms in total. The van der Waals surface area contributed by atoms with Gasteiger partial charge in [0, 0.05) is 26.7 Å². The molecular weight excluding hydrogens is 485 g/mol. The number of rotatable bonds is 4. The van der Waals surface area contributed by atoms with E-state index in [1.54, 1.807) is 35.0 Å². The number of nitrogens with one attached hydrogen (secondary N) is 1. The number of amides is 1. The van der Waals surface area contributed by atoms with Crippen molar-refractivity contribution in [2.75, 3.05) is 0 Å². The summed E-state index contributed by atoms with van der Waals surface area (Å²) in [5.41, 5.74) is 2.96. The van der Waals surface area contributed by atoms with Crippen LogP contribution in [-0.4, -0.2) is 31.4 Å². The lowest BCUT2D eigenvalue weighted by molar-refractivity contribution is 0.0884. The number of nitrogens with zero attached hydrogens (tertiary/aromatic N) is 4. The van der Waals surface area contributed by atoms with Gasteiger partial charge in [0.05, 0.1) is 16.4 Å². The summed E-state index contributed by atoms with van der Waals surface area (Å²) in [6, 6.07) is 12.5. The van der Waals surface area contributed by atoms with Crippen molar-refractivity contribution in [1.29, 1.82) is 0 Å². The molecular formula is C23H20Cl3N5O2. The van der Waals surface area contributed by atoms with Crippen molar-refractivity contribution < 1.29 is 9.21 Å². The zero-order valence-corrected chi connectivity index (χ0v) is 20.5. The summed E-state index contributed by atoms with van der Waals surface area (Å²) in [5.74, 6) is -0.492. The van der Waals surface area contributed by atoms with Crippen LogP contribution in [-0.2, 0) is 0 Å². The Labute approximate surface area is 205 Å². The van der Waals surface area contributed by atoms with Gasteiger partial charge in [0.25, 0.3) is 5.89 Å². The first kappa shape index (κ1) is 23.3. The number of hydrogen-bond acceptors (Lipinski definition) is 5. The molecule has 0 aliphatic carbocycles. The second kappa shape index (κ2) is 8.82. The summed E-state index contributed by atoms with van der Waals surface area (Å²) in [4.78, 5) is 12.4. The van der Waals surface area contributed by atoms with Crippen LogP contribution in [0.2, 0.25) is 15.1 Å². The van der Waals surface area contributed by atoms with Gasteiger partial charge in [0.2, 0.25) is 0 Å². The first-order chi connectivity index (χ1) is 15.5. The van der Waals surface area contributed by atoms with Crippen molar-refractivity contribution >= 4 is 40.7 Å². The second-order valence-electron chi connectivity index (χ2n) is 8.45. The smallest absolute Gasteiger partial charge is 0.309 e. The number of benzene rings is 2. The third kappa shape index (κ3) is 4.90. The quantitative estimate of drug-likeness (QED) is 0.348. The molecule has 2 heterocycles. The van der Waals surface area contributed by atoms with Crippen molar-refractivity contribution in [2.45, 2.75) is 33.2 Å².